The van der Waals surface area contributed by atoms with Crippen LogP contribution in [0, 0.1) is 12.8 Å². The topological polar surface area (TPSA) is 94.6 Å². The van der Waals surface area contributed by atoms with E-state index in [1.54, 1.807) is 23.1 Å². The van der Waals surface area contributed by atoms with E-state index in [4.69, 9.17) is 0 Å². The Labute approximate surface area is 194 Å². The molecule has 3 amide bonds. The summed E-state index contributed by atoms with van der Waals surface area (Å²) >= 11 is 0. The van der Waals surface area contributed by atoms with Crippen LogP contribution in [-0.2, 0) is 14.4 Å². The van der Waals surface area contributed by atoms with Crippen molar-refractivity contribution >= 4 is 34.8 Å². The zero-order valence-corrected chi connectivity index (χ0v) is 19.0. The van der Waals surface area contributed by atoms with Crippen LogP contribution in [0.1, 0.15) is 37.8 Å². The van der Waals surface area contributed by atoms with Gasteiger partial charge in [-0.15, -0.1) is 0 Å². The SMILES string of the molecule is Cc1cc(N2CCC(CNC(=O)C(=O)Nc3cccc(N4CCCCC4=O)c3)CC2)ccn1. The highest BCUT2D eigenvalue weighted by Crippen LogP contribution is 2.24. The van der Waals surface area contributed by atoms with E-state index in [2.05, 4.69) is 26.6 Å². The summed E-state index contributed by atoms with van der Waals surface area (Å²) in [7, 11) is 0. The third kappa shape index (κ3) is 5.88. The van der Waals surface area contributed by atoms with Gasteiger partial charge < -0.3 is 20.4 Å². The Kier molecular flexibility index (Phi) is 7.22. The number of benzene rings is 1. The molecule has 0 saturated carbocycles. The second-order valence-corrected chi connectivity index (χ2v) is 8.80. The third-order valence-corrected chi connectivity index (χ3v) is 6.36. The van der Waals surface area contributed by atoms with E-state index in [0.29, 0.717) is 31.1 Å². The van der Waals surface area contributed by atoms with Crippen LogP contribution in [0.15, 0.2) is 42.6 Å². The Morgan fingerprint density at radius 3 is 2.61 bits per heavy atom. The van der Waals surface area contributed by atoms with Crippen molar-refractivity contribution in [3.05, 3.63) is 48.3 Å². The number of rotatable bonds is 5. The average molecular weight is 450 g/mol. The average Bonchev–Trinajstić information content (AvgIpc) is 2.83. The fraction of sp³-hybridized carbons (Fsp3) is 0.440. The molecule has 2 fully saturated rings. The number of anilines is 3. The summed E-state index contributed by atoms with van der Waals surface area (Å²) in [6.07, 6.45) is 6.15. The molecular formula is C25H31N5O3. The lowest BCUT2D eigenvalue weighted by molar-refractivity contribution is -0.136. The van der Waals surface area contributed by atoms with Crippen LogP contribution in [-0.4, -0.2) is 48.9 Å². The minimum Gasteiger partial charge on any atom is -0.371 e. The predicted octanol–water partition coefficient (Wildman–Crippen LogP) is 2.88. The van der Waals surface area contributed by atoms with Crippen LogP contribution in [0.25, 0.3) is 0 Å². The highest BCUT2D eigenvalue weighted by molar-refractivity contribution is 6.39. The van der Waals surface area contributed by atoms with Crippen LogP contribution in [0.2, 0.25) is 0 Å². The number of aromatic nitrogens is 1. The van der Waals surface area contributed by atoms with Gasteiger partial charge in [0.15, 0.2) is 0 Å². The molecule has 8 heteroatoms. The van der Waals surface area contributed by atoms with Crippen molar-refractivity contribution in [2.24, 2.45) is 5.92 Å². The van der Waals surface area contributed by atoms with Gasteiger partial charge in [0.05, 0.1) is 0 Å². The van der Waals surface area contributed by atoms with Crippen LogP contribution in [0.4, 0.5) is 17.1 Å². The molecule has 0 bridgehead atoms. The Balaban J connectivity index is 1.24. The van der Waals surface area contributed by atoms with Gasteiger partial charge in [-0.05, 0) is 68.9 Å². The smallest absolute Gasteiger partial charge is 0.313 e. The van der Waals surface area contributed by atoms with Gasteiger partial charge in [-0.3, -0.25) is 19.4 Å². The molecule has 0 unspecified atom stereocenters. The van der Waals surface area contributed by atoms with Crippen LogP contribution in [0.5, 0.6) is 0 Å². The molecule has 3 heterocycles. The first-order valence-electron chi connectivity index (χ1n) is 11.7. The molecular weight excluding hydrogens is 418 g/mol. The molecule has 1 aromatic heterocycles. The number of nitrogens with one attached hydrogen (secondary N) is 2. The molecule has 0 spiro atoms. The van der Waals surface area contributed by atoms with E-state index >= 15 is 0 Å². The summed E-state index contributed by atoms with van der Waals surface area (Å²) in [5, 5.41) is 5.43. The molecule has 8 nitrogen and oxygen atoms in total. The van der Waals surface area contributed by atoms with Gasteiger partial charge in [-0.2, -0.15) is 0 Å². The number of carbonyl (C=O) groups is 3. The van der Waals surface area contributed by atoms with Gasteiger partial charge in [-0.25, -0.2) is 0 Å². The number of aryl methyl sites for hydroxylation is 1. The number of nitrogens with zero attached hydrogens (tertiary/aromatic N) is 3. The van der Waals surface area contributed by atoms with E-state index in [1.165, 1.54) is 5.69 Å². The molecule has 2 aliphatic heterocycles. The highest BCUT2D eigenvalue weighted by Gasteiger charge is 2.23. The summed E-state index contributed by atoms with van der Waals surface area (Å²) in [4.78, 5) is 45.2. The number of amides is 3. The van der Waals surface area contributed by atoms with Gasteiger partial charge >= 0.3 is 11.8 Å². The standard InChI is InChI=1S/C25H31N5O3/c1-18-15-21(8-11-26-18)29-13-9-19(10-14-29)17-27-24(32)25(33)28-20-5-4-6-22(16-20)30-12-3-2-7-23(30)31/h4-6,8,11,15-16,19H,2-3,7,9-10,12-14,17H2,1H3,(H,27,32)(H,28,33). The van der Waals surface area contributed by atoms with E-state index < -0.39 is 11.8 Å². The second-order valence-electron chi connectivity index (χ2n) is 8.80. The minimum atomic E-state index is -0.693. The number of hydrogen-bond acceptors (Lipinski definition) is 5. The number of carbonyl (C=O) groups excluding carboxylic acids is 3. The maximum atomic E-state index is 12.4. The fourth-order valence-electron chi connectivity index (χ4n) is 4.46. The van der Waals surface area contributed by atoms with Crippen molar-refractivity contribution in [3.63, 3.8) is 0 Å². The Morgan fingerprint density at radius 1 is 1.03 bits per heavy atom. The summed E-state index contributed by atoms with van der Waals surface area (Å²) in [5.74, 6) is -0.898. The molecule has 0 radical (unpaired) electrons. The Bertz CT molecular complexity index is 1020. The zero-order chi connectivity index (χ0) is 23.2. The lowest BCUT2D eigenvalue weighted by atomic mass is 9.96. The summed E-state index contributed by atoms with van der Waals surface area (Å²) in [6.45, 7) is 4.98. The molecule has 2 aliphatic rings. The summed E-state index contributed by atoms with van der Waals surface area (Å²) in [6, 6.07) is 11.2. The van der Waals surface area contributed by atoms with E-state index in [9.17, 15) is 14.4 Å². The van der Waals surface area contributed by atoms with Crippen molar-refractivity contribution in [2.45, 2.75) is 39.0 Å². The maximum absolute atomic E-state index is 12.4. The van der Waals surface area contributed by atoms with Crippen molar-refractivity contribution in [3.8, 4) is 0 Å². The number of piperidine rings is 2. The summed E-state index contributed by atoms with van der Waals surface area (Å²) in [5.41, 5.74) is 3.43. The molecule has 2 aromatic rings. The van der Waals surface area contributed by atoms with Gasteiger partial charge in [0.1, 0.15) is 0 Å². The van der Waals surface area contributed by atoms with Gasteiger partial charge in [0.25, 0.3) is 0 Å². The van der Waals surface area contributed by atoms with Crippen LogP contribution < -0.4 is 20.4 Å². The first kappa shape index (κ1) is 22.8. The lowest BCUT2D eigenvalue weighted by Crippen LogP contribution is -2.41. The van der Waals surface area contributed by atoms with E-state index in [0.717, 1.165) is 50.2 Å². The van der Waals surface area contributed by atoms with Crippen molar-refractivity contribution in [1.82, 2.24) is 10.3 Å². The molecule has 4 rings (SSSR count). The Morgan fingerprint density at radius 2 is 1.85 bits per heavy atom. The Hall–Kier alpha value is -3.42. The van der Waals surface area contributed by atoms with Crippen LogP contribution in [0.3, 0.4) is 0 Å². The normalized spacial score (nSPS) is 17.1. The minimum absolute atomic E-state index is 0.0904. The van der Waals surface area contributed by atoms with E-state index in [-0.39, 0.29) is 5.91 Å². The molecule has 0 atom stereocenters. The quantitative estimate of drug-likeness (QED) is 0.685. The molecule has 33 heavy (non-hydrogen) atoms. The molecule has 0 aliphatic carbocycles. The first-order chi connectivity index (χ1) is 16.0. The predicted molar refractivity (Wildman–Crippen MR) is 128 cm³/mol. The maximum Gasteiger partial charge on any atom is 0.313 e. The zero-order valence-electron chi connectivity index (χ0n) is 19.0. The van der Waals surface area contributed by atoms with Gasteiger partial charge in [0.2, 0.25) is 5.91 Å². The largest absolute Gasteiger partial charge is 0.371 e. The number of pyridine rings is 1. The second kappa shape index (κ2) is 10.5. The molecule has 2 N–H and O–H groups in total. The van der Waals surface area contributed by atoms with Gasteiger partial charge in [0, 0.05) is 61.6 Å². The first-order valence-corrected chi connectivity index (χ1v) is 11.7. The van der Waals surface area contributed by atoms with Gasteiger partial charge in [-0.1, -0.05) is 6.07 Å². The molecule has 1 aromatic carbocycles. The summed E-state index contributed by atoms with van der Waals surface area (Å²) < 4.78 is 0. The monoisotopic (exact) mass is 449 g/mol. The van der Waals surface area contributed by atoms with Crippen molar-refractivity contribution in [1.29, 1.82) is 0 Å². The van der Waals surface area contributed by atoms with Crippen LogP contribution >= 0.6 is 0 Å². The number of hydrogen-bond donors (Lipinski definition) is 2. The molecule has 174 valence electrons. The van der Waals surface area contributed by atoms with Crippen molar-refractivity contribution < 1.29 is 14.4 Å². The fourth-order valence-corrected chi connectivity index (χ4v) is 4.46. The van der Waals surface area contributed by atoms with E-state index in [1.807, 2.05) is 25.3 Å². The lowest BCUT2D eigenvalue weighted by Gasteiger charge is -2.33. The molecule has 2 saturated heterocycles. The highest BCUT2D eigenvalue weighted by atomic mass is 16.2. The van der Waals surface area contributed by atoms with Crippen molar-refractivity contribution in [2.75, 3.05) is 41.3 Å². The third-order valence-electron chi connectivity index (χ3n) is 6.36.